The van der Waals surface area contributed by atoms with Crippen LogP contribution in [0.5, 0.6) is 0 Å². The molecule has 0 aliphatic carbocycles. The summed E-state index contributed by atoms with van der Waals surface area (Å²) in [5.41, 5.74) is 7.88. The van der Waals surface area contributed by atoms with Gasteiger partial charge in [0.2, 0.25) is 0 Å². The molecule has 2 N–H and O–H groups in total. The van der Waals surface area contributed by atoms with E-state index in [9.17, 15) is 0 Å². The lowest BCUT2D eigenvalue weighted by molar-refractivity contribution is 1.23. The van der Waals surface area contributed by atoms with Gasteiger partial charge >= 0.3 is 0 Å². The van der Waals surface area contributed by atoms with Gasteiger partial charge in [0.15, 0.2) is 0 Å². The molecule has 2 aromatic carbocycles. The largest absolute Gasteiger partial charge is 0.397 e. The molecule has 0 saturated carbocycles. The number of anilines is 1. The number of rotatable bonds is 2. The highest BCUT2D eigenvalue weighted by Gasteiger charge is 1.93. The van der Waals surface area contributed by atoms with E-state index in [0.29, 0.717) is 11.4 Å². The van der Waals surface area contributed by atoms with Crippen LogP contribution in [0.4, 0.5) is 17.1 Å². The summed E-state index contributed by atoms with van der Waals surface area (Å²) < 4.78 is 0. The molecule has 0 aromatic heterocycles. The molecule has 0 atom stereocenters. The summed E-state index contributed by atoms with van der Waals surface area (Å²) in [6.07, 6.45) is 0. The predicted octanol–water partition coefficient (Wildman–Crippen LogP) is 3.68. The van der Waals surface area contributed by atoms with Crippen molar-refractivity contribution in [3.63, 3.8) is 0 Å². The van der Waals surface area contributed by atoms with E-state index in [1.165, 1.54) is 0 Å². The van der Waals surface area contributed by atoms with Crippen molar-refractivity contribution in [2.45, 2.75) is 0 Å². The van der Waals surface area contributed by atoms with Crippen LogP contribution in [0.25, 0.3) is 0 Å². The second kappa shape index (κ2) is 4.37. The molecule has 0 amide bonds. The Kier molecular flexibility index (Phi) is 2.74. The number of azo groups is 1. The maximum absolute atomic E-state index is 5.73. The van der Waals surface area contributed by atoms with E-state index in [4.69, 9.17) is 5.73 Å². The van der Waals surface area contributed by atoms with Gasteiger partial charge in [-0.15, -0.1) is 5.11 Å². The van der Waals surface area contributed by atoms with E-state index >= 15 is 0 Å². The minimum atomic E-state index is 0.636. The van der Waals surface area contributed by atoms with Crippen LogP contribution in [0, 0.1) is 0 Å². The van der Waals surface area contributed by atoms with Crippen molar-refractivity contribution in [1.82, 2.24) is 0 Å². The van der Waals surface area contributed by atoms with Crippen molar-refractivity contribution in [3.05, 3.63) is 54.6 Å². The Morgan fingerprint density at radius 3 is 2.13 bits per heavy atom. The summed E-state index contributed by atoms with van der Waals surface area (Å²) in [7, 11) is 0. The zero-order valence-electron chi connectivity index (χ0n) is 8.17. The molecule has 0 aliphatic rings. The minimum absolute atomic E-state index is 0.636. The number of nitrogen functional groups attached to an aromatic ring is 1. The monoisotopic (exact) mass is 197 g/mol. The molecule has 0 spiro atoms. The molecule has 0 unspecified atom stereocenters. The van der Waals surface area contributed by atoms with Crippen LogP contribution >= 0.6 is 0 Å². The number of para-hydroxylation sites is 1. The van der Waals surface area contributed by atoms with Crippen molar-refractivity contribution in [2.75, 3.05) is 5.73 Å². The third-order valence-corrected chi connectivity index (χ3v) is 1.97. The SMILES string of the molecule is Nc1ccccc1/N=N\c1ccccc1. The van der Waals surface area contributed by atoms with Crippen molar-refractivity contribution in [1.29, 1.82) is 0 Å². The summed E-state index contributed by atoms with van der Waals surface area (Å²) in [6.45, 7) is 0. The molecule has 74 valence electrons. The molecular formula is C12H11N3. The second-order valence-electron chi connectivity index (χ2n) is 3.09. The molecule has 15 heavy (non-hydrogen) atoms. The van der Waals surface area contributed by atoms with E-state index in [2.05, 4.69) is 10.2 Å². The molecule has 2 aromatic rings. The van der Waals surface area contributed by atoms with Gasteiger partial charge in [-0.05, 0) is 24.3 Å². The van der Waals surface area contributed by atoms with Crippen LogP contribution < -0.4 is 5.73 Å². The molecule has 0 heterocycles. The van der Waals surface area contributed by atoms with Gasteiger partial charge in [0, 0.05) is 0 Å². The van der Waals surface area contributed by atoms with E-state index in [1.54, 1.807) is 6.07 Å². The first-order valence-corrected chi connectivity index (χ1v) is 4.67. The first-order valence-electron chi connectivity index (χ1n) is 4.67. The molecule has 0 aliphatic heterocycles. The Balaban J connectivity index is 2.23. The summed E-state index contributed by atoms with van der Waals surface area (Å²) in [5, 5.41) is 8.16. The molecule has 0 radical (unpaired) electrons. The highest BCUT2D eigenvalue weighted by Crippen LogP contribution is 2.23. The first-order chi connectivity index (χ1) is 7.36. The minimum Gasteiger partial charge on any atom is -0.397 e. The molecule has 0 saturated heterocycles. The van der Waals surface area contributed by atoms with E-state index in [-0.39, 0.29) is 0 Å². The Labute approximate surface area is 88.3 Å². The molecule has 3 heteroatoms. The number of hydrogen-bond acceptors (Lipinski definition) is 3. The third kappa shape index (κ3) is 2.40. The maximum Gasteiger partial charge on any atom is 0.109 e. The maximum atomic E-state index is 5.73. The van der Waals surface area contributed by atoms with Crippen molar-refractivity contribution in [2.24, 2.45) is 10.2 Å². The fraction of sp³-hybridized carbons (Fsp3) is 0. The summed E-state index contributed by atoms with van der Waals surface area (Å²) in [4.78, 5) is 0. The highest BCUT2D eigenvalue weighted by atomic mass is 15.1. The zero-order valence-corrected chi connectivity index (χ0v) is 8.17. The normalized spacial score (nSPS) is 10.7. The van der Waals surface area contributed by atoms with Gasteiger partial charge in [0.25, 0.3) is 0 Å². The van der Waals surface area contributed by atoms with Crippen LogP contribution in [0.15, 0.2) is 64.8 Å². The zero-order chi connectivity index (χ0) is 10.5. The number of benzene rings is 2. The van der Waals surface area contributed by atoms with Crippen molar-refractivity contribution in [3.8, 4) is 0 Å². The standard InChI is InChI=1S/C12H11N3/c13-11-8-4-5-9-12(11)15-14-10-6-2-1-3-7-10/h1-9H,13H2/b15-14-. The van der Waals surface area contributed by atoms with E-state index < -0.39 is 0 Å². The number of hydrogen-bond donors (Lipinski definition) is 1. The average molecular weight is 197 g/mol. The van der Waals surface area contributed by atoms with Gasteiger partial charge < -0.3 is 5.73 Å². The Morgan fingerprint density at radius 1 is 0.733 bits per heavy atom. The fourth-order valence-electron chi connectivity index (χ4n) is 1.18. The lowest BCUT2D eigenvalue weighted by atomic mass is 10.3. The van der Waals surface area contributed by atoms with Gasteiger partial charge in [0.1, 0.15) is 5.69 Å². The van der Waals surface area contributed by atoms with Gasteiger partial charge in [-0.25, -0.2) is 0 Å². The Hall–Kier alpha value is -2.16. The van der Waals surface area contributed by atoms with Crippen molar-refractivity contribution < 1.29 is 0 Å². The lowest BCUT2D eigenvalue weighted by Gasteiger charge is -1.96. The van der Waals surface area contributed by atoms with Gasteiger partial charge in [-0.1, -0.05) is 30.3 Å². The highest BCUT2D eigenvalue weighted by molar-refractivity contribution is 5.61. The van der Waals surface area contributed by atoms with Gasteiger partial charge in [-0.3, -0.25) is 0 Å². The summed E-state index contributed by atoms with van der Waals surface area (Å²) >= 11 is 0. The van der Waals surface area contributed by atoms with Crippen LogP contribution in [0.3, 0.4) is 0 Å². The smallest absolute Gasteiger partial charge is 0.109 e. The summed E-state index contributed by atoms with van der Waals surface area (Å²) in [6, 6.07) is 17.0. The second-order valence-corrected chi connectivity index (χ2v) is 3.09. The quantitative estimate of drug-likeness (QED) is 0.579. The first kappa shape index (κ1) is 9.40. The third-order valence-electron chi connectivity index (χ3n) is 1.97. The predicted molar refractivity (Wildman–Crippen MR) is 61.5 cm³/mol. The Morgan fingerprint density at radius 2 is 1.40 bits per heavy atom. The Bertz CT molecular complexity index is 463. The molecule has 0 bridgehead atoms. The molecule has 3 nitrogen and oxygen atoms in total. The topological polar surface area (TPSA) is 50.7 Å². The van der Waals surface area contributed by atoms with Crippen LogP contribution in [-0.2, 0) is 0 Å². The molecular weight excluding hydrogens is 186 g/mol. The average Bonchev–Trinajstić information content (AvgIpc) is 2.29. The molecule has 0 fully saturated rings. The fourth-order valence-corrected chi connectivity index (χ4v) is 1.18. The van der Waals surface area contributed by atoms with Crippen LogP contribution in [0.2, 0.25) is 0 Å². The number of nitrogens with zero attached hydrogens (tertiary/aromatic N) is 2. The lowest BCUT2D eigenvalue weighted by Crippen LogP contribution is -1.82. The number of nitrogens with two attached hydrogens (primary N) is 1. The van der Waals surface area contributed by atoms with Gasteiger partial charge in [-0.2, -0.15) is 5.11 Å². The van der Waals surface area contributed by atoms with E-state index in [1.807, 2.05) is 48.5 Å². The van der Waals surface area contributed by atoms with Gasteiger partial charge in [0.05, 0.1) is 11.4 Å². The van der Waals surface area contributed by atoms with Crippen molar-refractivity contribution >= 4 is 17.1 Å². The van der Waals surface area contributed by atoms with E-state index in [0.717, 1.165) is 5.69 Å². The van der Waals surface area contributed by atoms with Crippen LogP contribution in [-0.4, -0.2) is 0 Å². The summed E-state index contributed by atoms with van der Waals surface area (Å²) in [5.74, 6) is 0. The molecule has 2 rings (SSSR count). The van der Waals surface area contributed by atoms with Crippen LogP contribution in [0.1, 0.15) is 0 Å².